The van der Waals surface area contributed by atoms with E-state index in [4.69, 9.17) is 22.1 Å². The minimum atomic E-state index is -0.297. The molecule has 0 aliphatic heterocycles. The number of halogens is 1. The van der Waals surface area contributed by atoms with Gasteiger partial charge in [-0.3, -0.25) is 4.79 Å². The van der Waals surface area contributed by atoms with Crippen LogP contribution >= 0.6 is 11.6 Å². The molecule has 2 rings (SSSR count). The van der Waals surface area contributed by atoms with Crippen LogP contribution in [0, 0.1) is 6.92 Å². The third-order valence-corrected chi connectivity index (χ3v) is 3.21. The zero-order valence-electron chi connectivity index (χ0n) is 11.3. The highest BCUT2D eigenvalue weighted by Gasteiger charge is 2.06. The van der Waals surface area contributed by atoms with Gasteiger partial charge < -0.3 is 15.5 Å². The van der Waals surface area contributed by atoms with Gasteiger partial charge in [-0.2, -0.15) is 0 Å². The average Bonchev–Trinajstić information content (AvgIpc) is 2.39. The van der Waals surface area contributed by atoms with E-state index in [1.807, 2.05) is 13.0 Å². The van der Waals surface area contributed by atoms with Crippen molar-refractivity contribution < 1.29 is 4.74 Å². The molecule has 0 saturated heterocycles. The zero-order chi connectivity index (χ0) is 14.7. The first-order valence-electron chi connectivity index (χ1n) is 6.20. The third kappa shape index (κ3) is 3.59. The Balaban J connectivity index is 2.14. The van der Waals surface area contributed by atoms with E-state index in [9.17, 15) is 4.79 Å². The van der Waals surface area contributed by atoms with E-state index in [1.165, 1.54) is 6.07 Å². The SMILES string of the molecule is Cc1cc(OCc2nc(C(C)N)cc(=O)[nH]2)ccc1Cl. The first-order valence-corrected chi connectivity index (χ1v) is 6.58. The van der Waals surface area contributed by atoms with E-state index in [0.717, 1.165) is 5.56 Å². The van der Waals surface area contributed by atoms with Crippen LogP contribution in [-0.2, 0) is 6.61 Å². The third-order valence-electron chi connectivity index (χ3n) is 2.78. The second-order valence-electron chi connectivity index (χ2n) is 4.61. The summed E-state index contributed by atoms with van der Waals surface area (Å²) in [5, 5.41) is 0.683. The monoisotopic (exact) mass is 293 g/mol. The minimum Gasteiger partial charge on any atom is -0.486 e. The second-order valence-corrected chi connectivity index (χ2v) is 5.01. The van der Waals surface area contributed by atoms with Gasteiger partial charge in [-0.05, 0) is 37.6 Å². The summed E-state index contributed by atoms with van der Waals surface area (Å²) in [6, 6.07) is 6.45. The van der Waals surface area contributed by atoms with Crippen LogP contribution in [0.2, 0.25) is 5.02 Å². The van der Waals surface area contributed by atoms with Gasteiger partial charge in [-0.15, -0.1) is 0 Å². The Bertz CT molecular complexity index is 668. The first kappa shape index (κ1) is 14.6. The molecule has 6 heteroatoms. The van der Waals surface area contributed by atoms with E-state index >= 15 is 0 Å². The predicted octanol–water partition coefficient (Wildman–Crippen LogP) is 2.33. The lowest BCUT2D eigenvalue weighted by Gasteiger charge is -2.09. The van der Waals surface area contributed by atoms with Gasteiger partial charge in [-0.25, -0.2) is 4.98 Å². The van der Waals surface area contributed by atoms with Crippen LogP contribution in [0.4, 0.5) is 0 Å². The highest BCUT2D eigenvalue weighted by atomic mass is 35.5. The summed E-state index contributed by atoms with van der Waals surface area (Å²) >= 11 is 5.94. The van der Waals surface area contributed by atoms with Gasteiger partial charge in [0.05, 0.1) is 5.69 Å². The molecule has 20 heavy (non-hydrogen) atoms. The van der Waals surface area contributed by atoms with Crippen LogP contribution in [-0.4, -0.2) is 9.97 Å². The van der Waals surface area contributed by atoms with Gasteiger partial charge in [-0.1, -0.05) is 11.6 Å². The molecule has 0 bridgehead atoms. The van der Waals surface area contributed by atoms with E-state index in [2.05, 4.69) is 9.97 Å². The van der Waals surface area contributed by atoms with Crippen molar-refractivity contribution in [1.29, 1.82) is 0 Å². The number of aromatic nitrogens is 2. The normalized spacial score (nSPS) is 12.2. The molecular formula is C14H16ClN3O2. The molecule has 0 aliphatic carbocycles. The molecular weight excluding hydrogens is 278 g/mol. The number of aryl methyl sites for hydroxylation is 1. The minimum absolute atomic E-state index is 0.164. The number of nitrogens with one attached hydrogen (secondary N) is 1. The molecule has 2 aromatic rings. The highest BCUT2D eigenvalue weighted by Crippen LogP contribution is 2.21. The maximum atomic E-state index is 11.5. The van der Waals surface area contributed by atoms with Gasteiger partial charge in [0.2, 0.25) is 0 Å². The summed E-state index contributed by atoms with van der Waals surface area (Å²) in [4.78, 5) is 18.4. The Morgan fingerprint density at radius 2 is 2.20 bits per heavy atom. The molecule has 0 saturated carbocycles. The van der Waals surface area contributed by atoms with Gasteiger partial charge in [0.25, 0.3) is 5.56 Å². The summed E-state index contributed by atoms with van der Waals surface area (Å²) in [6.45, 7) is 3.83. The van der Waals surface area contributed by atoms with Crippen molar-refractivity contribution >= 4 is 11.6 Å². The Morgan fingerprint density at radius 3 is 2.85 bits per heavy atom. The topological polar surface area (TPSA) is 81.0 Å². The standard InChI is InChI=1S/C14H16ClN3O2/c1-8-5-10(3-4-11(8)15)20-7-13-17-12(9(2)16)6-14(19)18-13/h3-6,9H,7,16H2,1-2H3,(H,17,18,19). The molecule has 0 radical (unpaired) electrons. The first-order chi connectivity index (χ1) is 9.45. The molecule has 106 valence electrons. The molecule has 0 amide bonds. The fourth-order valence-electron chi connectivity index (χ4n) is 1.69. The fourth-order valence-corrected chi connectivity index (χ4v) is 1.81. The molecule has 0 spiro atoms. The van der Waals surface area contributed by atoms with E-state index in [0.29, 0.717) is 22.3 Å². The van der Waals surface area contributed by atoms with Crippen LogP contribution in [0.5, 0.6) is 5.75 Å². The number of rotatable bonds is 4. The number of aromatic amines is 1. The second kappa shape index (κ2) is 6.07. The van der Waals surface area contributed by atoms with Crippen molar-refractivity contribution in [2.75, 3.05) is 0 Å². The number of benzene rings is 1. The summed E-state index contributed by atoms with van der Waals surface area (Å²) in [5.74, 6) is 1.11. The van der Waals surface area contributed by atoms with Crippen molar-refractivity contribution in [2.24, 2.45) is 5.73 Å². The molecule has 0 aliphatic rings. The Kier molecular flexibility index (Phi) is 4.42. The fraction of sp³-hybridized carbons (Fsp3) is 0.286. The van der Waals surface area contributed by atoms with Gasteiger partial charge >= 0.3 is 0 Å². The average molecular weight is 294 g/mol. The van der Waals surface area contributed by atoms with Gasteiger partial charge in [0.15, 0.2) is 0 Å². The smallest absolute Gasteiger partial charge is 0.251 e. The number of ether oxygens (including phenoxy) is 1. The Hall–Kier alpha value is -1.85. The number of nitrogens with two attached hydrogens (primary N) is 1. The van der Waals surface area contributed by atoms with Crippen molar-refractivity contribution in [3.63, 3.8) is 0 Å². The predicted molar refractivity (Wildman–Crippen MR) is 78.0 cm³/mol. The molecule has 1 heterocycles. The number of hydrogen-bond donors (Lipinski definition) is 2. The summed E-state index contributed by atoms with van der Waals surface area (Å²) in [7, 11) is 0. The molecule has 1 aromatic carbocycles. The maximum absolute atomic E-state index is 11.5. The van der Waals surface area contributed by atoms with E-state index < -0.39 is 0 Å². The number of nitrogens with zero attached hydrogens (tertiary/aromatic N) is 1. The van der Waals surface area contributed by atoms with Crippen LogP contribution < -0.4 is 16.0 Å². The molecule has 0 fully saturated rings. The number of hydrogen-bond acceptors (Lipinski definition) is 4. The largest absolute Gasteiger partial charge is 0.486 e. The molecule has 3 N–H and O–H groups in total. The molecule has 1 atom stereocenters. The molecule has 1 unspecified atom stereocenters. The Morgan fingerprint density at radius 1 is 1.45 bits per heavy atom. The van der Waals surface area contributed by atoms with Crippen molar-refractivity contribution in [2.45, 2.75) is 26.5 Å². The Labute approximate surface area is 121 Å². The maximum Gasteiger partial charge on any atom is 0.251 e. The lowest BCUT2D eigenvalue weighted by Crippen LogP contribution is -2.18. The van der Waals surface area contributed by atoms with Crippen molar-refractivity contribution in [1.82, 2.24) is 9.97 Å². The van der Waals surface area contributed by atoms with E-state index in [1.54, 1.807) is 19.1 Å². The zero-order valence-corrected chi connectivity index (χ0v) is 12.1. The van der Waals surface area contributed by atoms with Crippen LogP contribution in [0.15, 0.2) is 29.1 Å². The number of H-pyrrole nitrogens is 1. The quantitative estimate of drug-likeness (QED) is 0.906. The van der Waals surface area contributed by atoms with E-state index in [-0.39, 0.29) is 18.2 Å². The van der Waals surface area contributed by atoms with Crippen LogP contribution in [0.1, 0.15) is 30.0 Å². The molecule has 5 nitrogen and oxygen atoms in total. The highest BCUT2D eigenvalue weighted by molar-refractivity contribution is 6.31. The van der Waals surface area contributed by atoms with Gasteiger partial charge in [0.1, 0.15) is 18.2 Å². The van der Waals surface area contributed by atoms with Crippen LogP contribution in [0.25, 0.3) is 0 Å². The van der Waals surface area contributed by atoms with Crippen molar-refractivity contribution in [3.8, 4) is 5.75 Å². The lowest BCUT2D eigenvalue weighted by atomic mass is 10.2. The van der Waals surface area contributed by atoms with Gasteiger partial charge in [0, 0.05) is 17.1 Å². The molecule has 1 aromatic heterocycles. The van der Waals surface area contributed by atoms with Crippen molar-refractivity contribution in [3.05, 3.63) is 56.7 Å². The summed E-state index contributed by atoms with van der Waals surface area (Å²) < 4.78 is 5.59. The summed E-state index contributed by atoms with van der Waals surface area (Å²) in [5.41, 5.74) is 6.95. The lowest BCUT2D eigenvalue weighted by molar-refractivity contribution is 0.294. The summed E-state index contributed by atoms with van der Waals surface area (Å²) in [6.07, 6.45) is 0. The van der Waals surface area contributed by atoms with Crippen LogP contribution in [0.3, 0.4) is 0 Å².